The number of amides is 1. The van der Waals surface area contributed by atoms with Crippen LogP contribution in [0.4, 0.5) is 5.82 Å². The average Bonchev–Trinajstić information content (AvgIpc) is 3.29. The van der Waals surface area contributed by atoms with Gasteiger partial charge in [-0.2, -0.15) is 5.10 Å². The van der Waals surface area contributed by atoms with Crippen molar-refractivity contribution in [3.05, 3.63) is 83.6 Å². The van der Waals surface area contributed by atoms with Gasteiger partial charge in [0.2, 0.25) is 5.91 Å². The summed E-state index contributed by atoms with van der Waals surface area (Å²) in [4.78, 5) is 19.9. The molecule has 0 aliphatic carbocycles. The largest absolute Gasteiger partial charge is 0.354 e. The molecule has 6 nitrogen and oxygen atoms in total. The molecule has 0 bridgehead atoms. The predicted octanol–water partition coefficient (Wildman–Crippen LogP) is 5.14. The van der Waals surface area contributed by atoms with Crippen molar-refractivity contribution in [2.75, 3.05) is 18.0 Å². The number of rotatable bonds is 5. The maximum Gasteiger partial charge on any atom is 0.225 e. The molecule has 3 heterocycles. The first kappa shape index (κ1) is 21.5. The molecule has 0 unspecified atom stereocenters. The Hall–Kier alpha value is -3.38. The standard InChI is InChI=1S/C26H26ClN5O/c1-18(19-8-3-2-4-9-19)29-26(33)20-10-7-14-31(17-20)25-24-16-23(30-32(24)15-13-28-25)21-11-5-6-12-22(21)27/h2-6,8-9,11-13,15-16,18,20H,7,10,14,17H2,1H3,(H,29,33)/t18-,20+/m1/s1. The minimum absolute atomic E-state index is 0.0244. The highest BCUT2D eigenvalue weighted by molar-refractivity contribution is 6.33. The van der Waals surface area contributed by atoms with Gasteiger partial charge in [-0.25, -0.2) is 9.50 Å². The van der Waals surface area contributed by atoms with E-state index in [2.05, 4.69) is 15.2 Å². The number of piperidine rings is 1. The SMILES string of the molecule is C[C@@H](NC(=O)[C@H]1CCCN(c2nccn3nc(-c4ccccc4Cl)cc23)C1)c1ccccc1. The number of carbonyl (C=O) groups excluding carboxylic acids is 1. The third-order valence-electron chi connectivity index (χ3n) is 6.27. The van der Waals surface area contributed by atoms with Gasteiger partial charge in [0.05, 0.1) is 22.7 Å². The summed E-state index contributed by atoms with van der Waals surface area (Å²) >= 11 is 6.39. The fraction of sp³-hybridized carbons (Fsp3) is 0.269. The summed E-state index contributed by atoms with van der Waals surface area (Å²) < 4.78 is 1.84. The molecule has 1 saturated heterocycles. The van der Waals surface area contributed by atoms with Crippen LogP contribution in [0.1, 0.15) is 31.4 Å². The molecule has 1 fully saturated rings. The van der Waals surface area contributed by atoms with Crippen LogP contribution < -0.4 is 10.2 Å². The van der Waals surface area contributed by atoms with Crippen LogP contribution in [0.2, 0.25) is 5.02 Å². The molecule has 0 radical (unpaired) electrons. The van der Waals surface area contributed by atoms with E-state index in [1.54, 1.807) is 6.20 Å². The number of halogens is 1. The zero-order valence-electron chi connectivity index (χ0n) is 18.5. The van der Waals surface area contributed by atoms with Crippen LogP contribution in [0.15, 0.2) is 73.1 Å². The maximum atomic E-state index is 13.1. The molecule has 2 aromatic heterocycles. The number of nitrogens with one attached hydrogen (secondary N) is 1. The van der Waals surface area contributed by atoms with E-state index in [1.807, 2.05) is 78.3 Å². The number of carbonyl (C=O) groups is 1. The molecule has 2 atom stereocenters. The van der Waals surface area contributed by atoms with Crippen molar-refractivity contribution in [2.45, 2.75) is 25.8 Å². The molecule has 1 N–H and O–H groups in total. The first-order valence-corrected chi connectivity index (χ1v) is 11.7. The lowest BCUT2D eigenvalue weighted by Crippen LogP contribution is -2.44. The Morgan fingerprint density at radius 1 is 1.15 bits per heavy atom. The van der Waals surface area contributed by atoms with Crippen molar-refractivity contribution in [1.29, 1.82) is 0 Å². The number of nitrogens with zero attached hydrogens (tertiary/aromatic N) is 4. The van der Waals surface area contributed by atoms with Gasteiger partial charge in [-0.3, -0.25) is 4.79 Å². The van der Waals surface area contributed by atoms with E-state index in [9.17, 15) is 4.79 Å². The fourth-order valence-electron chi connectivity index (χ4n) is 4.49. The smallest absolute Gasteiger partial charge is 0.225 e. The molecule has 1 aliphatic rings. The molecule has 7 heteroatoms. The lowest BCUT2D eigenvalue weighted by molar-refractivity contribution is -0.125. The zero-order chi connectivity index (χ0) is 22.8. The number of aromatic nitrogens is 3. The summed E-state index contributed by atoms with van der Waals surface area (Å²) in [6, 6.07) is 19.7. The number of fused-ring (bicyclic) bond motifs is 1. The summed E-state index contributed by atoms with van der Waals surface area (Å²) in [6.07, 6.45) is 5.41. The number of hydrogen-bond acceptors (Lipinski definition) is 4. The van der Waals surface area contributed by atoms with E-state index in [0.29, 0.717) is 11.6 Å². The van der Waals surface area contributed by atoms with Crippen LogP contribution in [-0.4, -0.2) is 33.6 Å². The van der Waals surface area contributed by atoms with E-state index in [1.165, 1.54) is 0 Å². The van der Waals surface area contributed by atoms with E-state index in [0.717, 1.165) is 47.5 Å². The molecular formula is C26H26ClN5O. The van der Waals surface area contributed by atoms with Gasteiger partial charge in [-0.05, 0) is 37.5 Å². The highest BCUT2D eigenvalue weighted by atomic mass is 35.5. The van der Waals surface area contributed by atoms with Gasteiger partial charge >= 0.3 is 0 Å². The van der Waals surface area contributed by atoms with E-state index < -0.39 is 0 Å². The van der Waals surface area contributed by atoms with Crippen LogP contribution in [0.5, 0.6) is 0 Å². The van der Waals surface area contributed by atoms with Crippen LogP contribution in [0.3, 0.4) is 0 Å². The van der Waals surface area contributed by atoms with Crippen LogP contribution in [-0.2, 0) is 4.79 Å². The second kappa shape index (κ2) is 9.24. The Morgan fingerprint density at radius 3 is 2.76 bits per heavy atom. The fourth-order valence-corrected chi connectivity index (χ4v) is 4.72. The third kappa shape index (κ3) is 4.44. The van der Waals surface area contributed by atoms with Gasteiger partial charge in [-0.1, -0.05) is 60.1 Å². The summed E-state index contributed by atoms with van der Waals surface area (Å²) in [5.74, 6) is 0.850. The van der Waals surface area contributed by atoms with E-state index in [-0.39, 0.29) is 17.9 Å². The van der Waals surface area contributed by atoms with Gasteiger partial charge < -0.3 is 10.2 Å². The summed E-state index contributed by atoms with van der Waals surface area (Å²) in [5, 5.41) is 8.57. The van der Waals surface area contributed by atoms with Crippen molar-refractivity contribution in [1.82, 2.24) is 19.9 Å². The molecule has 4 aromatic rings. The number of anilines is 1. The van der Waals surface area contributed by atoms with E-state index in [4.69, 9.17) is 16.7 Å². The van der Waals surface area contributed by atoms with Gasteiger partial charge in [0, 0.05) is 31.0 Å². The Morgan fingerprint density at radius 2 is 1.94 bits per heavy atom. The van der Waals surface area contributed by atoms with E-state index >= 15 is 0 Å². The Kier molecular flexibility index (Phi) is 6.01. The molecule has 1 aliphatic heterocycles. The molecule has 0 saturated carbocycles. The second-order valence-corrected chi connectivity index (χ2v) is 8.92. The monoisotopic (exact) mass is 459 g/mol. The highest BCUT2D eigenvalue weighted by Crippen LogP contribution is 2.31. The highest BCUT2D eigenvalue weighted by Gasteiger charge is 2.28. The molecular weight excluding hydrogens is 434 g/mol. The molecule has 0 spiro atoms. The normalized spacial score (nSPS) is 17.2. The first-order valence-electron chi connectivity index (χ1n) is 11.3. The minimum Gasteiger partial charge on any atom is -0.354 e. The third-order valence-corrected chi connectivity index (χ3v) is 6.60. The van der Waals surface area contributed by atoms with Crippen LogP contribution >= 0.6 is 11.6 Å². The van der Waals surface area contributed by atoms with Crippen molar-refractivity contribution < 1.29 is 4.79 Å². The lowest BCUT2D eigenvalue weighted by Gasteiger charge is -2.33. The summed E-state index contributed by atoms with van der Waals surface area (Å²) in [7, 11) is 0. The molecule has 168 valence electrons. The van der Waals surface area contributed by atoms with Gasteiger partial charge in [0.1, 0.15) is 5.52 Å². The Labute approximate surface area is 198 Å². The predicted molar refractivity (Wildman–Crippen MR) is 131 cm³/mol. The second-order valence-electron chi connectivity index (χ2n) is 8.52. The minimum atomic E-state index is -0.0853. The average molecular weight is 460 g/mol. The van der Waals surface area contributed by atoms with Crippen molar-refractivity contribution in [3.8, 4) is 11.3 Å². The summed E-state index contributed by atoms with van der Waals surface area (Å²) in [6.45, 7) is 3.52. The Balaban J connectivity index is 1.36. The molecule has 33 heavy (non-hydrogen) atoms. The Bertz CT molecular complexity index is 1270. The molecule has 5 rings (SSSR count). The van der Waals surface area contributed by atoms with Gasteiger partial charge in [0.15, 0.2) is 5.82 Å². The van der Waals surface area contributed by atoms with Gasteiger partial charge in [0.25, 0.3) is 0 Å². The molecule has 2 aromatic carbocycles. The zero-order valence-corrected chi connectivity index (χ0v) is 19.2. The first-order chi connectivity index (χ1) is 16.1. The van der Waals surface area contributed by atoms with Gasteiger partial charge in [-0.15, -0.1) is 0 Å². The van der Waals surface area contributed by atoms with Crippen molar-refractivity contribution in [2.24, 2.45) is 5.92 Å². The lowest BCUT2D eigenvalue weighted by atomic mass is 9.96. The van der Waals surface area contributed by atoms with Crippen molar-refractivity contribution >= 4 is 28.8 Å². The summed E-state index contributed by atoms with van der Waals surface area (Å²) in [5.41, 5.74) is 3.71. The van der Waals surface area contributed by atoms with Crippen molar-refractivity contribution in [3.63, 3.8) is 0 Å². The van der Waals surface area contributed by atoms with Crippen LogP contribution in [0, 0.1) is 5.92 Å². The molecule has 1 amide bonds. The number of benzene rings is 2. The van der Waals surface area contributed by atoms with Crippen LogP contribution in [0.25, 0.3) is 16.8 Å². The number of hydrogen-bond donors (Lipinski definition) is 1. The topological polar surface area (TPSA) is 62.5 Å². The maximum absolute atomic E-state index is 13.1. The quantitative estimate of drug-likeness (QED) is 0.448.